The molecular weight excluding hydrogens is 197 g/mol. The molecule has 1 aliphatic heterocycles. The summed E-state index contributed by atoms with van der Waals surface area (Å²) in [5.41, 5.74) is 0.355. The molecule has 4 heteroatoms. The molecule has 0 unspecified atom stereocenters. The van der Waals surface area contributed by atoms with Crippen LogP contribution in [0, 0.1) is 5.82 Å². The largest absolute Gasteiger partial charge is 0.479 e. The highest BCUT2D eigenvalue weighted by molar-refractivity contribution is 6.07. The zero-order valence-corrected chi connectivity index (χ0v) is 8.07. The lowest BCUT2D eigenvalue weighted by Crippen LogP contribution is -2.08. The first-order valence-electron chi connectivity index (χ1n) is 4.70. The van der Waals surface area contributed by atoms with Crippen LogP contribution in [0.5, 0.6) is 0 Å². The Balaban J connectivity index is 2.07. The highest BCUT2D eigenvalue weighted by Gasteiger charge is 2.14. The minimum Gasteiger partial charge on any atom is -0.479 e. The van der Waals surface area contributed by atoms with Crippen molar-refractivity contribution in [3.63, 3.8) is 0 Å². The van der Waals surface area contributed by atoms with Gasteiger partial charge in [0, 0.05) is 5.56 Å². The van der Waals surface area contributed by atoms with Crippen molar-refractivity contribution >= 4 is 11.7 Å². The average Bonchev–Trinajstić information content (AvgIpc) is 2.70. The van der Waals surface area contributed by atoms with Crippen LogP contribution in [0.4, 0.5) is 4.39 Å². The van der Waals surface area contributed by atoms with Crippen molar-refractivity contribution in [2.45, 2.75) is 6.42 Å². The molecule has 3 nitrogen and oxygen atoms in total. The lowest BCUT2D eigenvalue weighted by Gasteiger charge is -2.01. The Labute approximate surface area is 86.6 Å². The second kappa shape index (κ2) is 4.21. The van der Waals surface area contributed by atoms with Crippen LogP contribution in [0.15, 0.2) is 29.3 Å². The second-order valence-corrected chi connectivity index (χ2v) is 3.23. The maximum absolute atomic E-state index is 12.8. The lowest BCUT2D eigenvalue weighted by atomic mass is 10.1. The number of ether oxygens (including phenoxy) is 1. The maximum Gasteiger partial charge on any atom is 0.191 e. The van der Waals surface area contributed by atoms with Crippen LogP contribution in [-0.2, 0) is 4.74 Å². The van der Waals surface area contributed by atoms with Gasteiger partial charge in [0.1, 0.15) is 12.4 Å². The molecule has 0 fully saturated rings. The van der Waals surface area contributed by atoms with Crippen molar-refractivity contribution in [2.24, 2.45) is 4.99 Å². The first-order chi connectivity index (χ1) is 7.25. The molecule has 1 aromatic carbocycles. The molecule has 1 heterocycles. The average molecular weight is 207 g/mol. The van der Waals surface area contributed by atoms with Crippen LogP contribution in [0.25, 0.3) is 0 Å². The van der Waals surface area contributed by atoms with Gasteiger partial charge in [-0.2, -0.15) is 0 Å². The molecule has 1 aliphatic rings. The van der Waals surface area contributed by atoms with Crippen LogP contribution in [0.2, 0.25) is 0 Å². The summed E-state index contributed by atoms with van der Waals surface area (Å²) in [6.07, 6.45) is 0.115. The van der Waals surface area contributed by atoms with Crippen LogP contribution in [-0.4, -0.2) is 24.8 Å². The summed E-state index contributed by atoms with van der Waals surface area (Å²) in [6.45, 7) is 1.14. The Kier molecular flexibility index (Phi) is 2.76. The molecule has 0 aliphatic carbocycles. The van der Waals surface area contributed by atoms with Crippen LogP contribution in [0.1, 0.15) is 16.8 Å². The lowest BCUT2D eigenvalue weighted by molar-refractivity contribution is 0.0994. The van der Waals surface area contributed by atoms with Gasteiger partial charge in [0.15, 0.2) is 11.7 Å². The van der Waals surface area contributed by atoms with Gasteiger partial charge in [-0.25, -0.2) is 4.39 Å². The smallest absolute Gasteiger partial charge is 0.191 e. The number of halogens is 1. The van der Waals surface area contributed by atoms with Gasteiger partial charge < -0.3 is 4.74 Å². The van der Waals surface area contributed by atoms with Gasteiger partial charge in [-0.15, -0.1) is 0 Å². The standard InChI is InChI=1S/C11H10FNO2/c12-9-3-1-2-8(6-9)10(14)7-11-13-4-5-15-11/h1-3,6H,4-5,7H2. The van der Waals surface area contributed by atoms with E-state index in [1.165, 1.54) is 18.2 Å². The number of hydrogen-bond donors (Lipinski definition) is 0. The van der Waals surface area contributed by atoms with E-state index in [0.29, 0.717) is 24.6 Å². The number of nitrogens with zero attached hydrogens (tertiary/aromatic N) is 1. The van der Waals surface area contributed by atoms with Crippen molar-refractivity contribution in [3.8, 4) is 0 Å². The molecule has 0 atom stereocenters. The van der Waals surface area contributed by atoms with E-state index >= 15 is 0 Å². The molecule has 15 heavy (non-hydrogen) atoms. The maximum atomic E-state index is 12.8. The fourth-order valence-electron chi connectivity index (χ4n) is 1.39. The number of carbonyl (C=O) groups is 1. The van der Waals surface area contributed by atoms with Gasteiger partial charge in [-0.05, 0) is 12.1 Å². The van der Waals surface area contributed by atoms with Gasteiger partial charge in [0.25, 0.3) is 0 Å². The number of ketones is 1. The van der Waals surface area contributed by atoms with Crippen LogP contribution >= 0.6 is 0 Å². The molecule has 1 aromatic rings. The third kappa shape index (κ3) is 2.40. The summed E-state index contributed by atoms with van der Waals surface area (Å²) in [5, 5.41) is 0. The summed E-state index contributed by atoms with van der Waals surface area (Å²) in [7, 11) is 0. The third-order valence-corrected chi connectivity index (χ3v) is 2.11. The van der Waals surface area contributed by atoms with Crippen LogP contribution < -0.4 is 0 Å². The Morgan fingerprint density at radius 3 is 3.07 bits per heavy atom. The molecule has 0 saturated heterocycles. The monoisotopic (exact) mass is 207 g/mol. The van der Waals surface area contributed by atoms with E-state index in [1.807, 2.05) is 0 Å². The number of hydrogen-bond acceptors (Lipinski definition) is 3. The van der Waals surface area contributed by atoms with E-state index in [1.54, 1.807) is 6.07 Å². The van der Waals surface area contributed by atoms with Crippen molar-refractivity contribution in [2.75, 3.05) is 13.2 Å². The summed E-state index contributed by atoms with van der Waals surface area (Å²) < 4.78 is 17.9. The predicted octanol–water partition coefficient (Wildman–Crippen LogP) is 1.83. The minimum absolute atomic E-state index is 0.115. The van der Waals surface area contributed by atoms with Crippen molar-refractivity contribution in [3.05, 3.63) is 35.6 Å². The van der Waals surface area contributed by atoms with Gasteiger partial charge in [-0.1, -0.05) is 12.1 Å². The normalized spacial score (nSPS) is 14.6. The Bertz CT molecular complexity index is 415. The summed E-state index contributed by atoms with van der Waals surface area (Å²) in [5.74, 6) is -0.130. The molecule has 2 rings (SSSR count). The molecule has 0 amide bonds. The highest BCUT2D eigenvalue weighted by atomic mass is 19.1. The molecular formula is C11H10FNO2. The van der Waals surface area contributed by atoms with Gasteiger partial charge in [-0.3, -0.25) is 9.79 Å². The molecule has 0 radical (unpaired) electrons. The van der Waals surface area contributed by atoms with Crippen molar-refractivity contribution < 1.29 is 13.9 Å². The van der Waals surface area contributed by atoms with Gasteiger partial charge >= 0.3 is 0 Å². The quantitative estimate of drug-likeness (QED) is 0.709. The zero-order chi connectivity index (χ0) is 10.7. The SMILES string of the molecule is O=C(CC1=NCCO1)c1cccc(F)c1. The number of benzene rings is 1. The second-order valence-electron chi connectivity index (χ2n) is 3.23. The summed E-state index contributed by atoms with van der Waals surface area (Å²) >= 11 is 0. The number of Topliss-reactive ketones (excluding diaryl/α,β-unsaturated/α-hetero) is 1. The van der Waals surface area contributed by atoms with E-state index in [2.05, 4.69) is 4.99 Å². The van der Waals surface area contributed by atoms with Crippen LogP contribution in [0.3, 0.4) is 0 Å². The zero-order valence-electron chi connectivity index (χ0n) is 8.07. The van der Waals surface area contributed by atoms with Gasteiger partial charge in [0.2, 0.25) is 0 Å². The third-order valence-electron chi connectivity index (χ3n) is 2.11. The van der Waals surface area contributed by atoms with Crippen molar-refractivity contribution in [1.82, 2.24) is 0 Å². The molecule has 0 spiro atoms. The fourth-order valence-corrected chi connectivity index (χ4v) is 1.39. The first kappa shape index (κ1) is 9.83. The Hall–Kier alpha value is -1.71. The fraction of sp³-hybridized carbons (Fsp3) is 0.273. The molecule has 0 aromatic heterocycles. The Morgan fingerprint density at radius 2 is 2.40 bits per heavy atom. The van der Waals surface area contributed by atoms with E-state index in [4.69, 9.17) is 4.74 Å². The van der Waals surface area contributed by atoms with E-state index in [9.17, 15) is 9.18 Å². The first-order valence-corrected chi connectivity index (χ1v) is 4.70. The summed E-state index contributed by atoms with van der Waals surface area (Å²) in [6, 6.07) is 5.62. The predicted molar refractivity (Wildman–Crippen MR) is 53.6 cm³/mol. The van der Waals surface area contributed by atoms with E-state index in [0.717, 1.165) is 0 Å². The number of rotatable bonds is 3. The molecule has 0 N–H and O–H groups in total. The minimum atomic E-state index is -0.407. The van der Waals surface area contributed by atoms with Crippen molar-refractivity contribution in [1.29, 1.82) is 0 Å². The molecule has 0 saturated carbocycles. The topological polar surface area (TPSA) is 38.7 Å². The summed E-state index contributed by atoms with van der Waals surface area (Å²) in [4.78, 5) is 15.6. The van der Waals surface area contributed by atoms with E-state index in [-0.39, 0.29) is 12.2 Å². The van der Waals surface area contributed by atoms with E-state index < -0.39 is 5.82 Å². The Morgan fingerprint density at radius 1 is 1.53 bits per heavy atom. The number of carbonyl (C=O) groups excluding carboxylic acids is 1. The number of aliphatic imine (C=N–C) groups is 1. The highest BCUT2D eigenvalue weighted by Crippen LogP contribution is 2.09. The molecule has 78 valence electrons. The van der Waals surface area contributed by atoms with Gasteiger partial charge in [0.05, 0.1) is 13.0 Å². The molecule has 0 bridgehead atoms.